The van der Waals surface area contributed by atoms with Gasteiger partial charge in [-0.1, -0.05) is 51.6 Å². The van der Waals surface area contributed by atoms with Crippen LogP contribution in [0.1, 0.15) is 67.9 Å². The van der Waals surface area contributed by atoms with Crippen molar-refractivity contribution in [3.05, 3.63) is 62.6 Å². The maximum absolute atomic E-state index is 13.3. The minimum atomic E-state index is -0.550. The van der Waals surface area contributed by atoms with Gasteiger partial charge < -0.3 is 15.0 Å². The molecule has 0 saturated heterocycles. The molecule has 168 valence electrons. The van der Waals surface area contributed by atoms with Gasteiger partial charge in [-0.3, -0.25) is 9.59 Å². The first kappa shape index (κ1) is 22.3. The van der Waals surface area contributed by atoms with E-state index in [2.05, 4.69) is 29.1 Å². The molecule has 2 heterocycles. The third-order valence-electron chi connectivity index (χ3n) is 5.71. The lowest BCUT2D eigenvalue weighted by Gasteiger charge is -2.38. The van der Waals surface area contributed by atoms with Crippen LogP contribution in [-0.2, 0) is 9.53 Å². The second-order valence-electron chi connectivity index (χ2n) is 9.30. The highest BCUT2D eigenvalue weighted by Gasteiger charge is 2.42. The van der Waals surface area contributed by atoms with Gasteiger partial charge in [0.05, 0.1) is 18.2 Å². The van der Waals surface area contributed by atoms with E-state index >= 15 is 0 Å². The van der Waals surface area contributed by atoms with Crippen LogP contribution in [0.4, 0.5) is 5.82 Å². The highest BCUT2D eigenvalue weighted by Crippen LogP contribution is 2.47. The lowest BCUT2D eigenvalue weighted by molar-refractivity contribution is -0.118. The number of ether oxygens (including phenoxy) is 1. The van der Waals surface area contributed by atoms with Gasteiger partial charge in [-0.25, -0.2) is 9.78 Å². The maximum atomic E-state index is 13.3. The number of aromatic amines is 1. The van der Waals surface area contributed by atoms with E-state index in [9.17, 15) is 14.4 Å². The van der Waals surface area contributed by atoms with Crippen molar-refractivity contribution in [3.8, 4) is 0 Å². The molecule has 0 amide bonds. The summed E-state index contributed by atoms with van der Waals surface area (Å²) >= 11 is 1.48. The molecule has 0 saturated carbocycles. The summed E-state index contributed by atoms with van der Waals surface area (Å²) in [5.41, 5.74) is 2.58. The summed E-state index contributed by atoms with van der Waals surface area (Å²) in [6.45, 7) is 8.20. The number of Topliss-reactive ketones (excluding diaryl/α,β-unsaturated/α-hetero) is 1. The average Bonchev–Trinajstić information content (AvgIpc) is 2.70. The summed E-state index contributed by atoms with van der Waals surface area (Å²) in [5.74, 6) is -0.474. The molecule has 0 unspecified atom stereocenters. The number of aromatic nitrogens is 2. The van der Waals surface area contributed by atoms with Gasteiger partial charge in [0, 0.05) is 28.9 Å². The Bertz CT molecular complexity index is 1180. The molecule has 1 aromatic heterocycles. The summed E-state index contributed by atoms with van der Waals surface area (Å²) in [5, 5.41) is 4.12. The van der Waals surface area contributed by atoms with Gasteiger partial charge in [-0.05, 0) is 29.5 Å². The van der Waals surface area contributed by atoms with Crippen LogP contribution in [0, 0.1) is 5.41 Å². The third-order valence-corrected chi connectivity index (χ3v) is 6.60. The van der Waals surface area contributed by atoms with Crippen molar-refractivity contribution in [2.24, 2.45) is 5.41 Å². The molecule has 0 bridgehead atoms. The normalized spacial score (nSPS) is 19.3. The number of anilines is 1. The predicted octanol–water partition coefficient (Wildman–Crippen LogP) is 4.26. The molecule has 1 aliphatic heterocycles. The summed E-state index contributed by atoms with van der Waals surface area (Å²) < 4.78 is 4.79. The van der Waals surface area contributed by atoms with Crippen molar-refractivity contribution in [2.75, 3.05) is 12.4 Å². The molecule has 1 atom stereocenters. The topological polar surface area (TPSA) is 101 Å². The Morgan fingerprint density at radius 1 is 1.19 bits per heavy atom. The van der Waals surface area contributed by atoms with E-state index in [-0.39, 0.29) is 22.0 Å². The molecule has 2 aromatic rings. The number of benzene rings is 1. The Labute approximate surface area is 191 Å². The van der Waals surface area contributed by atoms with Crippen molar-refractivity contribution < 1.29 is 14.3 Å². The van der Waals surface area contributed by atoms with E-state index in [0.29, 0.717) is 40.5 Å². The number of thioether (sulfide) groups is 1. The van der Waals surface area contributed by atoms with Gasteiger partial charge in [-0.15, -0.1) is 0 Å². The lowest BCUT2D eigenvalue weighted by atomic mass is 9.69. The number of rotatable bonds is 4. The van der Waals surface area contributed by atoms with Crippen LogP contribution in [0.25, 0.3) is 0 Å². The quantitative estimate of drug-likeness (QED) is 0.405. The highest BCUT2D eigenvalue weighted by molar-refractivity contribution is 7.99. The van der Waals surface area contributed by atoms with E-state index in [1.807, 2.05) is 13.8 Å². The fraction of sp³-hybridized carbons (Fsp3) is 0.417. The smallest absolute Gasteiger partial charge is 0.337 e. The summed E-state index contributed by atoms with van der Waals surface area (Å²) in [6, 6.07) is 6.87. The molecule has 8 heteroatoms. The number of carbonyl (C=O) groups is 2. The Kier molecular flexibility index (Phi) is 5.75. The number of fused-ring (bicyclic) bond motifs is 1. The van der Waals surface area contributed by atoms with Gasteiger partial charge in [0.15, 0.2) is 10.9 Å². The van der Waals surface area contributed by atoms with Crippen LogP contribution in [0.3, 0.4) is 0 Å². The number of allylic oxidation sites excluding steroid dienone is 2. The molecule has 1 aromatic carbocycles. The van der Waals surface area contributed by atoms with Gasteiger partial charge in [0.2, 0.25) is 0 Å². The molecule has 4 rings (SSSR count). The molecule has 0 spiro atoms. The minimum Gasteiger partial charge on any atom is -0.465 e. The fourth-order valence-corrected chi connectivity index (χ4v) is 5.18. The van der Waals surface area contributed by atoms with Gasteiger partial charge in [0.1, 0.15) is 5.82 Å². The highest BCUT2D eigenvalue weighted by atomic mass is 32.2. The zero-order chi connectivity index (χ0) is 23.2. The number of nitrogens with one attached hydrogen (secondary N) is 2. The Balaban J connectivity index is 1.89. The number of carbonyl (C=O) groups excluding carboxylic acids is 2. The first-order valence-electron chi connectivity index (χ1n) is 10.6. The number of hydrogen-bond acceptors (Lipinski definition) is 7. The summed E-state index contributed by atoms with van der Waals surface area (Å²) in [6.07, 6.45) is 1.09. The molecule has 1 aliphatic carbocycles. The van der Waals surface area contributed by atoms with Crippen LogP contribution in [0.15, 0.2) is 45.5 Å². The molecule has 2 N–H and O–H groups in total. The Hall–Kier alpha value is -2.87. The Morgan fingerprint density at radius 3 is 2.50 bits per heavy atom. The number of esters is 1. The zero-order valence-electron chi connectivity index (χ0n) is 18.9. The standard InChI is InChI=1S/C24H27N3O4S/c1-12(2)32-23-26-20-19(21(29)27-23)17(13-6-8-14(9-7-13)22(30)31-5)18-15(25-20)10-24(3,4)11-16(18)28/h6-9,12,17H,10-11H2,1-5H3,(H2,25,26,27,29)/t17-/m0/s1. The van der Waals surface area contributed by atoms with Crippen LogP contribution in [0.2, 0.25) is 0 Å². The predicted molar refractivity (Wildman–Crippen MR) is 124 cm³/mol. The molecule has 0 radical (unpaired) electrons. The van der Waals surface area contributed by atoms with Crippen molar-refractivity contribution >= 4 is 29.3 Å². The number of ketones is 1. The number of nitrogens with zero attached hydrogens (tertiary/aromatic N) is 1. The second kappa shape index (κ2) is 8.24. The van der Waals surface area contributed by atoms with Crippen molar-refractivity contribution in [1.29, 1.82) is 0 Å². The van der Waals surface area contributed by atoms with E-state index < -0.39 is 11.9 Å². The second-order valence-corrected chi connectivity index (χ2v) is 10.9. The molecule has 32 heavy (non-hydrogen) atoms. The van der Waals surface area contributed by atoms with Crippen LogP contribution >= 0.6 is 11.8 Å². The molecule has 7 nitrogen and oxygen atoms in total. The fourth-order valence-electron chi connectivity index (χ4n) is 4.44. The molecular formula is C24H27N3O4S. The lowest BCUT2D eigenvalue weighted by Crippen LogP contribution is -2.37. The zero-order valence-corrected chi connectivity index (χ0v) is 19.7. The average molecular weight is 454 g/mol. The minimum absolute atomic E-state index is 0.0245. The third kappa shape index (κ3) is 4.11. The maximum Gasteiger partial charge on any atom is 0.337 e. The van der Waals surface area contributed by atoms with Crippen molar-refractivity contribution in [3.63, 3.8) is 0 Å². The number of methoxy groups -OCH3 is 1. The summed E-state index contributed by atoms with van der Waals surface area (Å²) in [7, 11) is 1.33. The summed E-state index contributed by atoms with van der Waals surface area (Å²) in [4.78, 5) is 45.9. The van der Waals surface area contributed by atoms with Gasteiger partial charge in [0.25, 0.3) is 5.56 Å². The van der Waals surface area contributed by atoms with E-state index in [0.717, 1.165) is 11.3 Å². The van der Waals surface area contributed by atoms with Crippen molar-refractivity contribution in [2.45, 2.75) is 56.9 Å². The largest absolute Gasteiger partial charge is 0.465 e. The van der Waals surface area contributed by atoms with Crippen LogP contribution < -0.4 is 10.9 Å². The Morgan fingerprint density at radius 2 is 1.88 bits per heavy atom. The first-order chi connectivity index (χ1) is 15.1. The molecule has 2 aliphatic rings. The van der Waals surface area contributed by atoms with Gasteiger partial charge in [-0.2, -0.15) is 0 Å². The van der Waals surface area contributed by atoms with Crippen LogP contribution in [-0.4, -0.2) is 34.1 Å². The van der Waals surface area contributed by atoms with Crippen molar-refractivity contribution in [1.82, 2.24) is 9.97 Å². The number of hydrogen-bond donors (Lipinski definition) is 2. The monoisotopic (exact) mass is 453 g/mol. The van der Waals surface area contributed by atoms with E-state index in [1.165, 1.54) is 18.9 Å². The van der Waals surface area contributed by atoms with E-state index in [4.69, 9.17) is 4.74 Å². The molecular weight excluding hydrogens is 426 g/mol. The number of H-pyrrole nitrogens is 1. The SMILES string of the molecule is COC(=O)c1ccc([C@H]2C3=C(CC(C)(C)CC3=O)Nc3nc(SC(C)C)[nH]c(=O)c32)cc1. The first-order valence-corrected chi connectivity index (χ1v) is 11.5. The van der Waals surface area contributed by atoms with Gasteiger partial charge >= 0.3 is 5.97 Å². The molecule has 0 fully saturated rings. The van der Waals surface area contributed by atoms with Crippen LogP contribution in [0.5, 0.6) is 0 Å². The van der Waals surface area contributed by atoms with E-state index in [1.54, 1.807) is 24.3 Å².